The monoisotopic (exact) mass is 399 g/mol. The molecule has 1 aromatic heterocycles. The highest BCUT2D eigenvalue weighted by Gasteiger charge is 2.14. The number of aromatic nitrogens is 3. The second kappa shape index (κ2) is 11.9. The lowest BCUT2D eigenvalue weighted by atomic mass is 9.93. The van der Waals surface area contributed by atoms with Crippen molar-refractivity contribution in [2.24, 2.45) is 5.92 Å². The molecule has 2 heterocycles. The Morgan fingerprint density at radius 1 is 1.19 bits per heavy atom. The van der Waals surface area contributed by atoms with Crippen LogP contribution < -0.4 is 10.6 Å². The third kappa shape index (κ3) is 6.94. The average Bonchev–Trinajstić information content (AvgIpc) is 3.13. The lowest BCUT2D eigenvalue weighted by molar-refractivity contribution is -0.121. The molecule has 2 aromatic rings. The summed E-state index contributed by atoms with van der Waals surface area (Å²) in [6, 6.07) is 8.13. The number of halogens is 2. The van der Waals surface area contributed by atoms with E-state index >= 15 is 0 Å². The minimum absolute atomic E-state index is 0. The molecule has 0 radical (unpaired) electrons. The van der Waals surface area contributed by atoms with Gasteiger partial charge in [-0.1, -0.05) is 24.3 Å². The van der Waals surface area contributed by atoms with Crippen LogP contribution in [0.4, 0.5) is 0 Å². The highest BCUT2D eigenvalue weighted by Crippen LogP contribution is 2.17. The second-order valence-corrected chi connectivity index (χ2v) is 6.37. The molecule has 26 heavy (non-hydrogen) atoms. The van der Waals surface area contributed by atoms with Crippen molar-refractivity contribution in [3.63, 3.8) is 0 Å². The summed E-state index contributed by atoms with van der Waals surface area (Å²) in [4.78, 5) is 16.1. The molecule has 1 aliphatic rings. The molecule has 0 atom stereocenters. The fourth-order valence-electron chi connectivity index (χ4n) is 3.16. The number of amides is 1. The number of carbonyl (C=O) groups is 1. The number of hydrogen-bond donors (Lipinski definition) is 2. The molecule has 2 N–H and O–H groups in total. The first-order valence-corrected chi connectivity index (χ1v) is 8.68. The van der Waals surface area contributed by atoms with Crippen molar-refractivity contribution in [2.75, 3.05) is 13.1 Å². The number of piperidine rings is 1. The lowest BCUT2D eigenvalue weighted by Gasteiger charge is -2.22. The Labute approximate surface area is 167 Å². The van der Waals surface area contributed by atoms with Crippen molar-refractivity contribution in [1.29, 1.82) is 0 Å². The maximum Gasteiger partial charge on any atom is 0.220 e. The van der Waals surface area contributed by atoms with Gasteiger partial charge in [0.2, 0.25) is 5.91 Å². The standard InChI is InChI=1S/C18H25N5O.2ClH/c24-18(6-5-15-7-9-19-10-8-15)21-11-16-3-1-2-4-17(16)12-23-14-20-13-22-23;;/h1-4,13-15,19H,5-12H2,(H,21,24);2*1H. The first kappa shape index (κ1) is 22.4. The van der Waals surface area contributed by atoms with E-state index in [0.29, 0.717) is 25.4 Å². The minimum Gasteiger partial charge on any atom is -0.352 e. The fourth-order valence-corrected chi connectivity index (χ4v) is 3.16. The van der Waals surface area contributed by atoms with Crippen LogP contribution in [-0.2, 0) is 17.9 Å². The van der Waals surface area contributed by atoms with E-state index < -0.39 is 0 Å². The normalized spacial score (nSPS) is 14.2. The van der Waals surface area contributed by atoms with Crippen LogP contribution in [0.3, 0.4) is 0 Å². The van der Waals surface area contributed by atoms with Crippen LogP contribution in [0.2, 0.25) is 0 Å². The van der Waals surface area contributed by atoms with Gasteiger partial charge in [-0.15, -0.1) is 24.8 Å². The molecule has 1 amide bonds. The Bertz CT molecular complexity index is 645. The first-order chi connectivity index (χ1) is 11.8. The molecule has 0 saturated carbocycles. The van der Waals surface area contributed by atoms with Gasteiger partial charge in [-0.2, -0.15) is 5.10 Å². The summed E-state index contributed by atoms with van der Waals surface area (Å²) in [5, 5.41) is 10.6. The fraction of sp³-hybridized carbons (Fsp3) is 0.500. The summed E-state index contributed by atoms with van der Waals surface area (Å²) in [6.45, 7) is 3.40. The van der Waals surface area contributed by atoms with Crippen LogP contribution in [0.1, 0.15) is 36.8 Å². The Morgan fingerprint density at radius 3 is 2.62 bits per heavy atom. The van der Waals surface area contributed by atoms with E-state index in [4.69, 9.17) is 0 Å². The highest BCUT2D eigenvalue weighted by molar-refractivity contribution is 5.85. The third-order valence-electron chi connectivity index (χ3n) is 4.63. The average molecular weight is 400 g/mol. The van der Waals surface area contributed by atoms with Crippen molar-refractivity contribution >= 4 is 30.7 Å². The number of hydrogen-bond acceptors (Lipinski definition) is 4. The largest absolute Gasteiger partial charge is 0.352 e. The Kier molecular flexibility index (Phi) is 10.2. The zero-order chi connectivity index (χ0) is 16.6. The van der Waals surface area contributed by atoms with Gasteiger partial charge in [-0.05, 0) is 49.4 Å². The van der Waals surface area contributed by atoms with Gasteiger partial charge >= 0.3 is 0 Å². The van der Waals surface area contributed by atoms with E-state index in [1.807, 2.05) is 12.1 Å². The van der Waals surface area contributed by atoms with Crippen molar-refractivity contribution < 1.29 is 4.79 Å². The van der Waals surface area contributed by atoms with Gasteiger partial charge in [-0.3, -0.25) is 4.79 Å². The Hall–Kier alpha value is -1.63. The van der Waals surface area contributed by atoms with Crippen LogP contribution in [-0.4, -0.2) is 33.8 Å². The van der Waals surface area contributed by atoms with E-state index in [0.717, 1.165) is 30.6 Å². The van der Waals surface area contributed by atoms with Crippen LogP contribution in [0.15, 0.2) is 36.9 Å². The SMILES string of the molecule is Cl.Cl.O=C(CCC1CCNCC1)NCc1ccccc1Cn1cncn1. The number of benzene rings is 1. The highest BCUT2D eigenvalue weighted by atomic mass is 35.5. The molecule has 1 aromatic carbocycles. The van der Waals surface area contributed by atoms with E-state index in [1.165, 1.54) is 19.2 Å². The zero-order valence-corrected chi connectivity index (χ0v) is 16.4. The molecule has 0 spiro atoms. The van der Waals surface area contributed by atoms with Crippen LogP contribution in [0.25, 0.3) is 0 Å². The molecule has 8 heteroatoms. The molecule has 6 nitrogen and oxygen atoms in total. The molecule has 144 valence electrons. The predicted molar refractivity (Wildman–Crippen MR) is 107 cm³/mol. The topological polar surface area (TPSA) is 71.8 Å². The van der Waals surface area contributed by atoms with E-state index in [1.54, 1.807) is 11.0 Å². The lowest BCUT2D eigenvalue weighted by Crippen LogP contribution is -2.29. The summed E-state index contributed by atoms with van der Waals surface area (Å²) >= 11 is 0. The van der Waals surface area contributed by atoms with Crippen molar-refractivity contribution in [1.82, 2.24) is 25.4 Å². The summed E-state index contributed by atoms with van der Waals surface area (Å²) in [5.74, 6) is 0.834. The minimum atomic E-state index is 0. The third-order valence-corrected chi connectivity index (χ3v) is 4.63. The number of carbonyl (C=O) groups excluding carboxylic acids is 1. The van der Waals surface area contributed by atoms with Crippen molar-refractivity contribution in [3.05, 3.63) is 48.0 Å². The van der Waals surface area contributed by atoms with Crippen molar-refractivity contribution in [3.8, 4) is 0 Å². The zero-order valence-electron chi connectivity index (χ0n) is 14.8. The molecule has 0 bridgehead atoms. The Balaban J connectivity index is 0.00000169. The summed E-state index contributed by atoms with van der Waals surface area (Å²) < 4.78 is 1.79. The van der Waals surface area contributed by atoms with Gasteiger partial charge in [0.1, 0.15) is 12.7 Å². The molecule has 3 rings (SSSR count). The Morgan fingerprint density at radius 2 is 1.92 bits per heavy atom. The molecule has 1 saturated heterocycles. The number of nitrogens with zero attached hydrogens (tertiary/aromatic N) is 3. The van der Waals surface area contributed by atoms with Gasteiger partial charge in [0, 0.05) is 13.0 Å². The summed E-state index contributed by atoms with van der Waals surface area (Å²) in [7, 11) is 0. The maximum atomic E-state index is 12.1. The molecule has 0 aliphatic carbocycles. The molecule has 1 fully saturated rings. The number of rotatable bonds is 7. The second-order valence-electron chi connectivity index (χ2n) is 6.37. The molecular formula is C18H27Cl2N5O. The van der Waals surface area contributed by atoms with Gasteiger partial charge < -0.3 is 10.6 Å². The molecule has 0 unspecified atom stereocenters. The maximum absolute atomic E-state index is 12.1. The van der Waals surface area contributed by atoms with E-state index in [9.17, 15) is 4.79 Å². The van der Waals surface area contributed by atoms with Crippen LogP contribution in [0, 0.1) is 5.92 Å². The van der Waals surface area contributed by atoms with Gasteiger partial charge in [0.05, 0.1) is 6.54 Å². The molecule has 1 aliphatic heterocycles. The summed E-state index contributed by atoms with van der Waals surface area (Å²) in [5.41, 5.74) is 2.28. The van der Waals surface area contributed by atoms with Crippen molar-refractivity contribution in [2.45, 2.75) is 38.8 Å². The van der Waals surface area contributed by atoms with Gasteiger partial charge in [-0.25, -0.2) is 9.67 Å². The van der Waals surface area contributed by atoms with E-state index in [2.05, 4.69) is 32.8 Å². The van der Waals surface area contributed by atoms with Gasteiger partial charge in [0.15, 0.2) is 0 Å². The quantitative estimate of drug-likeness (QED) is 0.750. The van der Waals surface area contributed by atoms with E-state index in [-0.39, 0.29) is 30.7 Å². The first-order valence-electron chi connectivity index (χ1n) is 8.68. The number of nitrogens with one attached hydrogen (secondary N) is 2. The smallest absolute Gasteiger partial charge is 0.220 e. The summed E-state index contributed by atoms with van der Waals surface area (Å²) in [6.07, 6.45) is 7.23. The molecular weight excluding hydrogens is 373 g/mol. The van der Waals surface area contributed by atoms with Crippen LogP contribution >= 0.6 is 24.8 Å². The van der Waals surface area contributed by atoms with Crippen LogP contribution in [0.5, 0.6) is 0 Å². The van der Waals surface area contributed by atoms with Gasteiger partial charge in [0.25, 0.3) is 0 Å². The predicted octanol–water partition coefficient (Wildman–Crippen LogP) is 2.57.